The third-order valence-corrected chi connectivity index (χ3v) is 3.37. The first-order valence-corrected chi connectivity index (χ1v) is 6.21. The van der Waals surface area contributed by atoms with Crippen LogP contribution >= 0.6 is 11.6 Å². The molecule has 1 fully saturated rings. The van der Waals surface area contributed by atoms with Gasteiger partial charge in [0.2, 0.25) is 0 Å². The Kier molecular flexibility index (Phi) is 3.45. The Balaban J connectivity index is 2.39. The van der Waals surface area contributed by atoms with Gasteiger partial charge in [0.05, 0.1) is 4.92 Å². The molecule has 0 unspecified atom stereocenters. The summed E-state index contributed by atoms with van der Waals surface area (Å²) in [5, 5.41) is 14.7. The largest absolute Gasteiger partial charge is 0.363 e. The van der Waals surface area contributed by atoms with Crippen molar-refractivity contribution in [1.82, 2.24) is 5.32 Å². The van der Waals surface area contributed by atoms with Crippen LogP contribution in [0.3, 0.4) is 0 Å². The topological polar surface area (TPSA) is 58.4 Å². The number of nitrogens with zero attached hydrogens (tertiary/aromatic N) is 2. The van der Waals surface area contributed by atoms with E-state index in [1.165, 1.54) is 0 Å². The van der Waals surface area contributed by atoms with Crippen molar-refractivity contribution in [1.29, 1.82) is 0 Å². The number of para-hydroxylation sites is 1. The van der Waals surface area contributed by atoms with E-state index in [4.69, 9.17) is 11.6 Å². The summed E-state index contributed by atoms with van der Waals surface area (Å²) < 4.78 is 0. The van der Waals surface area contributed by atoms with Gasteiger partial charge in [-0.2, -0.15) is 0 Å². The van der Waals surface area contributed by atoms with Crippen LogP contribution in [-0.4, -0.2) is 30.1 Å². The van der Waals surface area contributed by atoms with Gasteiger partial charge in [0.25, 0.3) is 0 Å². The molecule has 1 aromatic carbocycles. The molecular formula is C12H16ClN3O2. The van der Waals surface area contributed by atoms with Gasteiger partial charge in [-0.3, -0.25) is 10.1 Å². The van der Waals surface area contributed by atoms with E-state index in [1.54, 1.807) is 18.2 Å². The average Bonchev–Trinajstić information content (AvgIpc) is 2.26. The number of nitrogens with one attached hydrogen (secondary N) is 1. The summed E-state index contributed by atoms with van der Waals surface area (Å²) in [6.45, 7) is 6.42. The quantitative estimate of drug-likeness (QED) is 0.662. The second-order valence-electron chi connectivity index (χ2n) is 5.10. The molecule has 1 aliphatic rings. The SMILES string of the molecule is CC1(C)CN(c2cccc(Cl)c2[N+](=O)[O-])CCN1. The molecule has 0 saturated carbocycles. The van der Waals surface area contributed by atoms with Gasteiger partial charge >= 0.3 is 5.69 Å². The number of rotatable bonds is 2. The number of halogens is 1. The van der Waals surface area contributed by atoms with Gasteiger partial charge in [-0.25, -0.2) is 0 Å². The molecule has 1 saturated heterocycles. The Morgan fingerprint density at radius 2 is 2.22 bits per heavy atom. The third kappa shape index (κ3) is 2.57. The molecule has 98 valence electrons. The van der Waals surface area contributed by atoms with Gasteiger partial charge < -0.3 is 10.2 Å². The molecule has 0 radical (unpaired) electrons. The predicted molar refractivity (Wildman–Crippen MR) is 72.4 cm³/mol. The molecule has 1 aromatic rings. The molecule has 6 heteroatoms. The van der Waals surface area contributed by atoms with Gasteiger partial charge in [0.1, 0.15) is 10.7 Å². The minimum absolute atomic E-state index is 0.00290. The lowest BCUT2D eigenvalue weighted by molar-refractivity contribution is -0.384. The van der Waals surface area contributed by atoms with E-state index in [0.717, 1.165) is 13.1 Å². The highest BCUT2D eigenvalue weighted by molar-refractivity contribution is 6.33. The van der Waals surface area contributed by atoms with Gasteiger partial charge in [-0.15, -0.1) is 0 Å². The second kappa shape index (κ2) is 4.74. The van der Waals surface area contributed by atoms with Crippen LogP contribution < -0.4 is 10.2 Å². The summed E-state index contributed by atoms with van der Waals surface area (Å²) in [7, 11) is 0. The molecular weight excluding hydrogens is 254 g/mol. The molecule has 0 aliphatic carbocycles. The number of nitro benzene ring substituents is 1. The molecule has 0 bridgehead atoms. The maximum Gasteiger partial charge on any atom is 0.310 e. The lowest BCUT2D eigenvalue weighted by atomic mass is 10.0. The van der Waals surface area contributed by atoms with E-state index in [-0.39, 0.29) is 16.2 Å². The normalized spacial score (nSPS) is 18.7. The first kappa shape index (κ1) is 13.1. The summed E-state index contributed by atoms with van der Waals surface area (Å²) in [5.74, 6) is 0. The van der Waals surface area contributed by atoms with Crippen molar-refractivity contribution in [3.8, 4) is 0 Å². The summed E-state index contributed by atoms with van der Waals surface area (Å²) in [5.41, 5.74) is 0.535. The Bertz CT molecular complexity index is 476. The van der Waals surface area contributed by atoms with E-state index in [1.807, 2.05) is 4.90 Å². The van der Waals surface area contributed by atoms with E-state index in [0.29, 0.717) is 12.2 Å². The van der Waals surface area contributed by atoms with Crippen molar-refractivity contribution in [2.24, 2.45) is 0 Å². The van der Waals surface area contributed by atoms with E-state index < -0.39 is 4.92 Å². The van der Waals surface area contributed by atoms with Crippen molar-refractivity contribution in [2.45, 2.75) is 19.4 Å². The van der Waals surface area contributed by atoms with Gasteiger partial charge in [-0.1, -0.05) is 17.7 Å². The van der Waals surface area contributed by atoms with Crippen molar-refractivity contribution < 1.29 is 4.92 Å². The Labute approximate surface area is 111 Å². The predicted octanol–water partition coefficient (Wildman–Crippen LogP) is 2.44. The van der Waals surface area contributed by atoms with Crippen LogP contribution in [0.4, 0.5) is 11.4 Å². The smallest absolute Gasteiger partial charge is 0.310 e. The maximum atomic E-state index is 11.1. The lowest BCUT2D eigenvalue weighted by Gasteiger charge is -2.40. The minimum Gasteiger partial charge on any atom is -0.363 e. The van der Waals surface area contributed by atoms with Gasteiger partial charge in [0.15, 0.2) is 0 Å². The van der Waals surface area contributed by atoms with Gasteiger partial charge in [-0.05, 0) is 26.0 Å². The summed E-state index contributed by atoms with van der Waals surface area (Å²) >= 11 is 5.93. The Hall–Kier alpha value is -1.33. The number of anilines is 1. The lowest BCUT2D eigenvalue weighted by Crippen LogP contribution is -2.57. The molecule has 0 aromatic heterocycles. The molecule has 18 heavy (non-hydrogen) atoms. The molecule has 0 atom stereocenters. The molecule has 5 nitrogen and oxygen atoms in total. The van der Waals surface area contributed by atoms with Crippen LogP contribution in [0.25, 0.3) is 0 Å². The van der Waals surface area contributed by atoms with E-state index in [9.17, 15) is 10.1 Å². The van der Waals surface area contributed by atoms with Crippen molar-refractivity contribution >= 4 is 23.0 Å². The summed E-state index contributed by atoms with van der Waals surface area (Å²) in [6.07, 6.45) is 0. The Morgan fingerprint density at radius 1 is 1.50 bits per heavy atom. The standard InChI is InChI=1S/C12H16ClN3O2/c1-12(2)8-15(7-6-14-12)10-5-3-4-9(13)11(10)16(17)18/h3-5,14H,6-8H2,1-2H3. The summed E-state index contributed by atoms with van der Waals surface area (Å²) in [6, 6.07) is 5.06. The van der Waals surface area contributed by atoms with E-state index in [2.05, 4.69) is 19.2 Å². The zero-order valence-corrected chi connectivity index (χ0v) is 11.2. The molecule has 1 aliphatic heterocycles. The van der Waals surface area contributed by atoms with Crippen LogP contribution in [-0.2, 0) is 0 Å². The van der Waals surface area contributed by atoms with Crippen LogP contribution in [0.15, 0.2) is 18.2 Å². The van der Waals surface area contributed by atoms with Crippen LogP contribution in [0.5, 0.6) is 0 Å². The van der Waals surface area contributed by atoms with E-state index >= 15 is 0 Å². The fourth-order valence-corrected chi connectivity index (χ4v) is 2.53. The number of hydrogen-bond acceptors (Lipinski definition) is 4. The van der Waals surface area contributed by atoms with Crippen molar-refractivity contribution in [3.05, 3.63) is 33.3 Å². The first-order valence-electron chi connectivity index (χ1n) is 5.83. The van der Waals surface area contributed by atoms with Crippen molar-refractivity contribution in [3.63, 3.8) is 0 Å². The number of piperazine rings is 1. The van der Waals surface area contributed by atoms with Crippen LogP contribution in [0.1, 0.15) is 13.8 Å². The highest BCUT2D eigenvalue weighted by Gasteiger charge is 2.30. The minimum atomic E-state index is -0.410. The Morgan fingerprint density at radius 3 is 2.83 bits per heavy atom. The van der Waals surface area contributed by atoms with Gasteiger partial charge in [0, 0.05) is 25.2 Å². The number of benzene rings is 1. The van der Waals surface area contributed by atoms with Crippen molar-refractivity contribution in [2.75, 3.05) is 24.5 Å². The number of nitro groups is 1. The fourth-order valence-electron chi connectivity index (χ4n) is 2.29. The molecule has 2 rings (SSSR count). The van der Waals surface area contributed by atoms with Crippen LogP contribution in [0, 0.1) is 10.1 Å². The average molecular weight is 270 g/mol. The molecule has 0 amide bonds. The monoisotopic (exact) mass is 269 g/mol. The summed E-state index contributed by atoms with van der Waals surface area (Å²) in [4.78, 5) is 12.7. The zero-order valence-electron chi connectivity index (χ0n) is 10.4. The van der Waals surface area contributed by atoms with Crippen LogP contribution in [0.2, 0.25) is 5.02 Å². The molecule has 1 N–H and O–H groups in total. The number of hydrogen-bond donors (Lipinski definition) is 1. The first-order chi connectivity index (χ1) is 8.41. The highest BCUT2D eigenvalue weighted by Crippen LogP contribution is 2.35. The zero-order chi connectivity index (χ0) is 13.3. The highest BCUT2D eigenvalue weighted by atomic mass is 35.5. The molecule has 1 heterocycles. The third-order valence-electron chi connectivity index (χ3n) is 3.06. The molecule has 0 spiro atoms. The fraction of sp³-hybridized carbons (Fsp3) is 0.500. The maximum absolute atomic E-state index is 11.1. The second-order valence-corrected chi connectivity index (χ2v) is 5.50.